The van der Waals surface area contributed by atoms with Crippen molar-refractivity contribution in [3.63, 3.8) is 0 Å². The fourth-order valence-corrected chi connectivity index (χ4v) is 1.05. The summed E-state index contributed by atoms with van der Waals surface area (Å²) in [4.78, 5) is 12.1. The zero-order chi connectivity index (χ0) is 7.68. The van der Waals surface area contributed by atoms with Gasteiger partial charge in [0.25, 0.3) is 0 Å². The fourth-order valence-electron chi connectivity index (χ4n) is 1.05. The van der Waals surface area contributed by atoms with Crippen molar-refractivity contribution in [2.75, 3.05) is 0 Å². The van der Waals surface area contributed by atoms with E-state index in [1.54, 1.807) is 12.5 Å². The Kier molecular flexibility index (Phi) is 1.31. The average Bonchev–Trinajstić information content (AvgIpc) is 2.47. The van der Waals surface area contributed by atoms with Crippen molar-refractivity contribution in [2.24, 2.45) is 0 Å². The van der Waals surface area contributed by atoms with Crippen molar-refractivity contribution >= 4 is 11.2 Å². The molecule has 4 heteroatoms. The van der Waals surface area contributed by atoms with Crippen LogP contribution in [0.25, 0.3) is 11.2 Å². The smallest absolute Gasteiger partial charge is 0.163 e. The molecule has 0 atom stereocenters. The number of fused-ring (bicyclic) bond motifs is 1. The van der Waals surface area contributed by atoms with E-state index in [0.717, 1.165) is 17.7 Å². The molecule has 0 aliphatic rings. The summed E-state index contributed by atoms with van der Waals surface area (Å²) in [6, 6.07) is 0. The van der Waals surface area contributed by atoms with E-state index < -0.39 is 0 Å². The van der Waals surface area contributed by atoms with E-state index in [1.165, 1.54) is 6.33 Å². The number of hydrogen-bond acceptors (Lipinski definition) is 3. The Bertz CT molecular complexity index is 365. The Hall–Kier alpha value is -1.45. The molecule has 2 aromatic rings. The van der Waals surface area contributed by atoms with Crippen molar-refractivity contribution in [2.45, 2.75) is 13.5 Å². The summed E-state index contributed by atoms with van der Waals surface area (Å²) in [5.41, 5.74) is 1.76. The highest BCUT2D eigenvalue weighted by Gasteiger charge is 1.99. The highest BCUT2D eigenvalue weighted by molar-refractivity contribution is 5.68. The van der Waals surface area contributed by atoms with Gasteiger partial charge in [-0.1, -0.05) is 0 Å². The molecule has 0 bridgehead atoms. The summed E-state index contributed by atoms with van der Waals surface area (Å²) >= 11 is 0. The number of rotatable bonds is 1. The van der Waals surface area contributed by atoms with E-state index in [4.69, 9.17) is 0 Å². The summed E-state index contributed by atoms with van der Waals surface area (Å²) in [6.07, 6.45) is 5.03. The fraction of sp³-hybridized carbons (Fsp3) is 0.286. The lowest BCUT2D eigenvalue weighted by molar-refractivity contribution is 0.777. The number of aryl methyl sites for hydroxylation is 1. The Labute approximate surface area is 63.9 Å². The number of imidazole rings is 1. The molecule has 0 unspecified atom stereocenters. The van der Waals surface area contributed by atoms with Crippen LogP contribution in [0.15, 0.2) is 18.9 Å². The van der Waals surface area contributed by atoms with Gasteiger partial charge in [-0.3, -0.25) is 0 Å². The van der Waals surface area contributed by atoms with Crippen LogP contribution in [-0.2, 0) is 6.54 Å². The van der Waals surface area contributed by atoms with Gasteiger partial charge < -0.3 is 4.57 Å². The zero-order valence-electron chi connectivity index (χ0n) is 6.23. The lowest BCUT2D eigenvalue weighted by Gasteiger charge is -1.94. The van der Waals surface area contributed by atoms with Crippen LogP contribution in [-0.4, -0.2) is 19.5 Å². The van der Waals surface area contributed by atoms with Crippen LogP contribution >= 0.6 is 0 Å². The summed E-state index contributed by atoms with van der Waals surface area (Å²) in [6.45, 7) is 2.96. The molecule has 4 nitrogen and oxygen atoms in total. The molecular formula is C7H8N4. The van der Waals surface area contributed by atoms with Gasteiger partial charge in [0.2, 0.25) is 0 Å². The predicted molar refractivity (Wildman–Crippen MR) is 41.0 cm³/mol. The molecule has 0 saturated carbocycles. The van der Waals surface area contributed by atoms with Gasteiger partial charge in [0.05, 0.1) is 12.5 Å². The second-order valence-corrected chi connectivity index (χ2v) is 2.26. The van der Waals surface area contributed by atoms with E-state index in [0.29, 0.717) is 0 Å². The Morgan fingerprint density at radius 1 is 1.45 bits per heavy atom. The van der Waals surface area contributed by atoms with Crippen LogP contribution in [0.3, 0.4) is 0 Å². The molecule has 2 rings (SSSR count). The first-order valence-corrected chi connectivity index (χ1v) is 3.52. The highest BCUT2D eigenvalue weighted by Crippen LogP contribution is 2.05. The third-order valence-corrected chi connectivity index (χ3v) is 1.62. The van der Waals surface area contributed by atoms with Gasteiger partial charge in [-0.25, -0.2) is 15.0 Å². The van der Waals surface area contributed by atoms with Crippen molar-refractivity contribution in [1.29, 1.82) is 0 Å². The molecule has 0 saturated heterocycles. The van der Waals surface area contributed by atoms with Gasteiger partial charge in [-0.15, -0.1) is 0 Å². The standard InChI is InChI=1S/C7H8N4/c1-2-11-5-10-6-3-8-4-9-7(6)11/h3-5H,2H2,1H3. The first kappa shape index (κ1) is 6.27. The molecule has 56 valence electrons. The third-order valence-electron chi connectivity index (χ3n) is 1.62. The SMILES string of the molecule is CCn1cnc2cncnc21. The van der Waals surface area contributed by atoms with Crippen molar-refractivity contribution in [1.82, 2.24) is 19.5 Å². The minimum Gasteiger partial charge on any atom is -0.315 e. The molecular weight excluding hydrogens is 140 g/mol. The van der Waals surface area contributed by atoms with Crippen molar-refractivity contribution in [3.05, 3.63) is 18.9 Å². The highest BCUT2D eigenvalue weighted by atomic mass is 15.1. The summed E-state index contributed by atoms with van der Waals surface area (Å²) in [5.74, 6) is 0. The summed E-state index contributed by atoms with van der Waals surface area (Å²) in [5, 5.41) is 0. The topological polar surface area (TPSA) is 43.6 Å². The maximum atomic E-state index is 4.13. The molecule has 0 aliphatic carbocycles. The number of aromatic nitrogens is 4. The lowest BCUT2D eigenvalue weighted by Crippen LogP contribution is -1.92. The maximum absolute atomic E-state index is 4.13. The molecule has 11 heavy (non-hydrogen) atoms. The summed E-state index contributed by atoms with van der Waals surface area (Å²) in [7, 11) is 0. The van der Waals surface area contributed by atoms with E-state index in [9.17, 15) is 0 Å². The quantitative estimate of drug-likeness (QED) is 0.602. The molecule has 2 aromatic heterocycles. The van der Waals surface area contributed by atoms with Gasteiger partial charge in [0, 0.05) is 6.54 Å². The molecule has 0 N–H and O–H groups in total. The molecule has 2 heterocycles. The van der Waals surface area contributed by atoms with Crippen LogP contribution in [0, 0.1) is 0 Å². The largest absolute Gasteiger partial charge is 0.315 e. The van der Waals surface area contributed by atoms with Gasteiger partial charge in [-0.2, -0.15) is 0 Å². The molecule has 0 aliphatic heterocycles. The molecule has 0 radical (unpaired) electrons. The first-order valence-electron chi connectivity index (χ1n) is 3.52. The van der Waals surface area contributed by atoms with Crippen LogP contribution in [0.1, 0.15) is 6.92 Å². The van der Waals surface area contributed by atoms with E-state index in [-0.39, 0.29) is 0 Å². The summed E-state index contributed by atoms with van der Waals surface area (Å²) < 4.78 is 1.98. The first-order chi connectivity index (χ1) is 5.42. The maximum Gasteiger partial charge on any atom is 0.163 e. The van der Waals surface area contributed by atoms with Gasteiger partial charge in [0.1, 0.15) is 11.8 Å². The van der Waals surface area contributed by atoms with Crippen molar-refractivity contribution < 1.29 is 0 Å². The lowest BCUT2D eigenvalue weighted by atomic mass is 10.5. The van der Waals surface area contributed by atoms with Crippen LogP contribution in [0.2, 0.25) is 0 Å². The zero-order valence-corrected chi connectivity index (χ0v) is 6.23. The second-order valence-electron chi connectivity index (χ2n) is 2.26. The molecule has 0 fully saturated rings. The number of nitrogens with zero attached hydrogens (tertiary/aromatic N) is 4. The van der Waals surface area contributed by atoms with Gasteiger partial charge in [-0.05, 0) is 6.92 Å². The van der Waals surface area contributed by atoms with E-state index in [2.05, 4.69) is 21.9 Å². The molecule has 0 spiro atoms. The minimum atomic E-state index is 0.856. The Balaban J connectivity index is 2.76. The third kappa shape index (κ3) is 0.869. The van der Waals surface area contributed by atoms with Gasteiger partial charge >= 0.3 is 0 Å². The van der Waals surface area contributed by atoms with Crippen LogP contribution in [0.5, 0.6) is 0 Å². The van der Waals surface area contributed by atoms with Gasteiger partial charge in [0.15, 0.2) is 5.65 Å². The molecule has 0 amide bonds. The Morgan fingerprint density at radius 2 is 2.36 bits per heavy atom. The number of hydrogen-bond donors (Lipinski definition) is 0. The van der Waals surface area contributed by atoms with Crippen LogP contribution in [0.4, 0.5) is 0 Å². The normalized spacial score (nSPS) is 10.6. The average molecular weight is 148 g/mol. The van der Waals surface area contributed by atoms with Crippen molar-refractivity contribution in [3.8, 4) is 0 Å². The predicted octanol–water partition coefficient (Wildman–Crippen LogP) is 0.846. The monoisotopic (exact) mass is 148 g/mol. The second kappa shape index (κ2) is 2.30. The van der Waals surface area contributed by atoms with E-state index >= 15 is 0 Å². The van der Waals surface area contributed by atoms with Crippen LogP contribution < -0.4 is 0 Å². The molecule has 0 aromatic carbocycles. The Morgan fingerprint density at radius 3 is 3.18 bits per heavy atom. The minimum absolute atomic E-state index is 0.856. The van der Waals surface area contributed by atoms with E-state index in [1.807, 2.05) is 4.57 Å².